The minimum absolute atomic E-state index is 0.00231. The Morgan fingerprint density at radius 2 is 1.78 bits per heavy atom. The Morgan fingerprint density at radius 3 is 2.28 bits per heavy atom. The van der Waals surface area contributed by atoms with Crippen molar-refractivity contribution in [3.63, 3.8) is 0 Å². The van der Waals surface area contributed by atoms with Crippen LogP contribution in [0.3, 0.4) is 0 Å². The molecule has 94 valence electrons. The highest BCUT2D eigenvalue weighted by Gasteiger charge is 2.17. The Balaban J connectivity index is 3.05. The molecule has 0 saturated carbocycles. The highest BCUT2D eigenvalue weighted by molar-refractivity contribution is 6.12. The minimum atomic E-state index is -1.64. The maximum absolute atomic E-state index is 10.6. The van der Waals surface area contributed by atoms with E-state index in [0.29, 0.717) is 6.20 Å². The van der Waals surface area contributed by atoms with Crippen molar-refractivity contribution >= 4 is 23.3 Å². The van der Waals surface area contributed by atoms with Crippen LogP contribution in [0.15, 0.2) is 36.0 Å². The minimum Gasteiger partial charge on any atom is -0.477 e. The summed E-state index contributed by atoms with van der Waals surface area (Å²) in [5, 5.41) is 30.1. The summed E-state index contributed by atoms with van der Waals surface area (Å²) in [6, 6.07) is 5.46. The van der Waals surface area contributed by atoms with Crippen molar-refractivity contribution in [3.05, 3.63) is 46.2 Å². The molecule has 0 heterocycles. The first-order valence-corrected chi connectivity index (χ1v) is 4.60. The van der Waals surface area contributed by atoms with Gasteiger partial charge in [-0.2, -0.15) is 0 Å². The van der Waals surface area contributed by atoms with Crippen LogP contribution < -0.4 is 5.32 Å². The van der Waals surface area contributed by atoms with E-state index >= 15 is 0 Å². The number of nitro groups is 1. The summed E-state index contributed by atoms with van der Waals surface area (Å²) in [7, 11) is 0. The molecule has 0 bridgehead atoms. The van der Waals surface area contributed by atoms with Crippen molar-refractivity contribution < 1.29 is 24.7 Å². The van der Waals surface area contributed by atoms with Gasteiger partial charge in [-0.25, -0.2) is 9.59 Å². The number of carboxylic acids is 2. The zero-order chi connectivity index (χ0) is 13.7. The predicted molar refractivity (Wildman–Crippen MR) is 60.1 cm³/mol. The first kappa shape index (κ1) is 13.2. The van der Waals surface area contributed by atoms with E-state index in [0.717, 1.165) is 0 Å². The molecule has 1 rings (SSSR count). The fourth-order valence-electron chi connectivity index (χ4n) is 1.12. The van der Waals surface area contributed by atoms with Gasteiger partial charge in [-0.3, -0.25) is 10.1 Å². The SMILES string of the molecule is O=C(O)C(=CNc1ccccc1[N+](=O)[O-])C(=O)O. The van der Waals surface area contributed by atoms with E-state index in [4.69, 9.17) is 10.2 Å². The van der Waals surface area contributed by atoms with Gasteiger partial charge in [0.2, 0.25) is 0 Å². The second kappa shape index (κ2) is 5.43. The van der Waals surface area contributed by atoms with Crippen molar-refractivity contribution in [1.29, 1.82) is 0 Å². The zero-order valence-corrected chi connectivity index (χ0v) is 8.86. The van der Waals surface area contributed by atoms with E-state index < -0.39 is 22.4 Å². The predicted octanol–water partition coefficient (Wildman–Crippen LogP) is 1.06. The molecule has 0 radical (unpaired) electrons. The van der Waals surface area contributed by atoms with Gasteiger partial charge < -0.3 is 15.5 Å². The van der Waals surface area contributed by atoms with Gasteiger partial charge in [0.1, 0.15) is 5.69 Å². The lowest BCUT2D eigenvalue weighted by Crippen LogP contribution is -2.13. The number of carbonyl (C=O) groups is 2. The van der Waals surface area contributed by atoms with Crippen LogP contribution in [0.2, 0.25) is 0 Å². The van der Waals surface area contributed by atoms with Crippen LogP contribution in [0, 0.1) is 10.1 Å². The number of nitrogens with one attached hydrogen (secondary N) is 1. The molecule has 8 nitrogen and oxygen atoms in total. The molecule has 0 unspecified atom stereocenters. The lowest BCUT2D eigenvalue weighted by atomic mass is 10.2. The van der Waals surface area contributed by atoms with Crippen molar-refractivity contribution in [2.45, 2.75) is 0 Å². The van der Waals surface area contributed by atoms with Crippen LogP contribution in [-0.4, -0.2) is 27.1 Å². The van der Waals surface area contributed by atoms with Gasteiger partial charge in [-0.1, -0.05) is 12.1 Å². The summed E-state index contributed by atoms with van der Waals surface area (Å²) in [6.45, 7) is 0. The van der Waals surface area contributed by atoms with E-state index in [9.17, 15) is 19.7 Å². The molecule has 3 N–H and O–H groups in total. The number of anilines is 1. The molecular formula is C10H8N2O6. The summed E-state index contributed by atoms with van der Waals surface area (Å²) in [6.07, 6.45) is 0.687. The third-order valence-corrected chi connectivity index (χ3v) is 1.93. The number of hydrogen-bond acceptors (Lipinski definition) is 5. The first-order chi connectivity index (χ1) is 8.43. The van der Waals surface area contributed by atoms with Gasteiger partial charge in [-0.15, -0.1) is 0 Å². The Hall–Kier alpha value is -2.90. The van der Waals surface area contributed by atoms with Crippen molar-refractivity contribution in [3.8, 4) is 0 Å². The maximum atomic E-state index is 10.6. The van der Waals surface area contributed by atoms with Crippen molar-refractivity contribution in [2.75, 3.05) is 5.32 Å². The summed E-state index contributed by atoms with van der Waals surface area (Å²) < 4.78 is 0. The number of nitro benzene ring substituents is 1. The number of nitrogens with zero attached hydrogens (tertiary/aromatic N) is 1. The normalized spacial score (nSPS) is 9.33. The largest absolute Gasteiger partial charge is 0.477 e. The molecule has 1 aromatic carbocycles. The van der Waals surface area contributed by atoms with Gasteiger partial charge in [0, 0.05) is 12.3 Å². The topological polar surface area (TPSA) is 130 Å². The second-order valence-electron chi connectivity index (χ2n) is 3.09. The van der Waals surface area contributed by atoms with Crippen LogP contribution in [0.4, 0.5) is 11.4 Å². The summed E-state index contributed by atoms with van der Waals surface area (Å²) in [5.41, 5.74) is -1.21. The van der Waals surface area contributed by atoms with Crippen LogP contribution in [0.25, 0.3) is 0 Å². The standard InChI is InChI=1S/C10H8N2O6/c13-9(14)6(10(15)16)5-11-7-3-1-2-4-8(7)12(17)18/h1-5,11H,(H,13,14)(H,15,16). The highest BCUT2D eigenvalue weighted by Crippen LogP contribution is 2.23. The highest BCUT2D eigenvalue weighted by atomic mass is 16.6. The lowest BCUT2D eigenvalue weighted by Gasteiger charge is -2.02. The van der Waals surface area contributed by atoms with Gasteiger partial charge in [0.15, 0.2) is 5.57 Å². The molecule has 8 heteroatoms. The Kier molecular flexibility index (Phi) is 3.98. The fourth-order valence-corrected chi connectivity index (χ4v) is 1.12. The molecule has 0 fully saturated rings. The molecule has 1 aromatic rings. The Morgan fingerprint density at radius 1 is 1.22 bits per heavy atom. The molecule has 0 aliphatic rings. The number of hydrogen-bond donors (Lipinski definition) is 3. The zero-order valence-electron chi connectivity index (χ0n) is 8.86. The van der Waals surface area contributed by atoms with E-state index in [1.54, 1.807) is 0 Å². The summed E-state index contributed by atoms with van der Waals surface area (Å²) >= 11 is 0. The Bertz CT molecular complexity index is 521. The fraction of sp³-hybridized carbons (Fsp3) is 0. The maximum Gasteiger partial charge on any atom is 0.344 e. The van der Waals surface area contributed by atoms with E-state index in [1.807, 2.05) is 0 Å². The average molecular weight is 252 g/mol. The Labute approximate surface area is 100 Å². The average Bonchev–Trinajstić information content (AvgIpc) is 2.28. The van der Waals surface area contributed by atoms with Crippen LogP contribution in [-0.2, 0) is 9.59 Å². The smallest absolute Gasteiger partial charge is 0.344 e. The van der Waals surface area contributed by atoms with Crippen molar-refractivity contribution in [1.82, 2.24) is 0 Å². The molecule has 0 aromatic heterocycles. The third-order valence-electron chi connectivity index (χ3n) is 1.93. The third kappa shape index (κ3) is 3.04. The molecule has 18 heavy (non-hydrogen) atoms. The van der Waals surface area contributed by atoms with Crippen LogP contribution in [0.1, 0.15) is 0 Å². The summed E-state index contributed by atoms with van der Waals surface area (Å²) in [5.74, 6) is -3.29. The van der Waals surface area contributed by atoms with Crippen LogP contribution in [0.5, 0.6) is 0 Å². The summed E-state index contributed by atoms with van der Waals surface area (Å²) in [4.78, 5) is 31.1. The van der Waals surface area contributed by atoms with E-state index in [1.165, 1.54) is 24.3 Å². The molecule has 0 spiro atoms. The first-order valence-electron chi connectivity index (χ1n) is 4.60. The molecule has 0 amide bonds. The second-order valence-corrected chi connectivity index (χ2v) is 3.09. The molecular weight excluding hydrogens is 244 g/mol. The molecule has 0 atom stereocenters. The molecule has 0 aliphatic carbocycles. The lowest BCUT2D eigenvalue weighted by molar-refractivity contribution is -0.383. The monoisotopic (exact) mass is 252 g/mol. The van der Waals surface area contributed by atoms with Gasteiger partial charge in [-0.05, 0) is 6.07 Å². The molecule has 0 aliphatic heterocycles. The quantitative estimate of drug-likeness (QED) is 0.235. The van der Waals surface area contributed by atoms with E-state index in [2.05, 4.69) is 5.32 Å². The van der Waals surface area contributed by atoms with Gasteiger partial charge >= 0.3 is 11.9 Å². The number of aliphatic carboxylic acids is 2. The van der Waals surface area contributed by atoms with Gasteiger partial charge in [0.05, 0.1) is 4.92 Å². The molecule has 0 saturated heterocycles. The number of benzene rings is 1. The van der Waals surface area contributed by atoms with Crippen molar-refractivity contribution in [2.24, 2.45) is 0 Å². The number of para-hydroxylation sites is 2. The van der Waals surface area contributed by atoms with E-state index in [-0.39, 0.29) is 11.4 Å². The number of rotatable bonds is 5. The number of carboxylic acid groups (broad SMARTS) is 2. The van der Waals surface area contributed by atoms with Crippen LogP contribution >= 0.6 is 0 Å². The van der Waals surface area contributed by atoms with Gasteiger partial charge in [0.25, 0.3) is 5.69 Å².